The predicted octanol–water partition coefficient (Wildman–Crippen LogP) is 2.39. The van der Waals surface area contributed by atoms with Crippen molar-refractivity contribution in [2.45, 2.75) is 32.7 Å². The quantitative estimate of drug-likeness (QED) is 0.826. The van der Waals surface area contributed by atoms with Crippen LogP contribution in [0, 0.1) is 0 Å². The zero-order chi connectivity index (χ0) is 15.3. The monoisotopic (exact) mass is 306 g/mol. The van der Waals surface area contributed by atoms with E-state index in [0.717, 1.165) is 10.8 Å². The molecule has 0 atom stereocenters. The summed E-state index contributed by atoms with van der Waals surface area (Å²) in [7, 11) is 0. The SMILES string of the molecule is CCOC(=O)C(C)(C)c1csc(NCc2ccncn2)n1. The van der Waals surface area contributed by atoms with Crippen molar-refractivity contribution < 1.29 is 9.53 Å². The average molecular weight is 306 g/mol. The summed E-state index contributed by atoms with van der Waals surface area (Å²) in [6.07, 6.45) is 3.20. The fourth-order valence-electron chi connectivity index (χ4n) is 1.65. The molecule has 0 saturated heterocycles. The Labute approximate surface area is 127 Å². The number of nitrogens with zero attached hydrogens (tertiary/aromatic N) is 3. The van der Waals surface area contributed by atoms with Crippen LogP contribution in [0.25, 0.3) is 0 Å². The molecule has 0 spiro atoms. The summed E-state index contributed by atoms with van der Waals surface area (Å²) in [4.78, 5) is 24.4. The van der Waals surface area contributed by atoms with Gasteiger partial charge in [0, 0.05) is 11.6 Å². The van der Waals surface area contributed by atoms with Gasteiger partial charge in [-0.3, -0.25) is 4.79 Å². The van der Waals surface area contributed by atoms with Crippen LogP contribution in [0.1, 0.15) is 32.2 Å². The number of hydrogen-bond acceptors (Lipinski definition) is 7. The van der Waals surface area contributed by atoms with Crippen molar-refractivity contribution in [3.05, 3.63) is 35.4 Å². The van der Waals surface area contributed by atoms with Crippen LogP contribution < -0.4 is 5.32 Å². The van der Waals surface area contributed by atoms with E-state index in [2.05, 4.69) is 20.3 Å². The first-order chi connectivity index (χ1) is 10.0. The molecule has 0 aliphatic rings. The minimum absolute atomic E-state index is 0.266. The molecule has 2 aromatic rings. The lowest BCUT2D eigenvalue weighted by Gasteiger charge is -2.19. The van der Waals surface area contributed by atoms with Gasteiger partial charge in [-0.1, -0.05) is 0 Å². The van der Waals surface area contributed by atoms with Crippen LogP contribution in [0.5, 0.6) is 0 Å². The smallest absolute Gasteiger partial charge is 0.317 e. The molecule has 0 fully saturated rings. The molecule has 0 unspecified atom stereocenters. The molecule has 2 rings (SSSR count). The largest absolute Gasteiger partial charge is 0.465 e. The Hall–Kier alpha value is -2.02. The molecule has 21 heavy (non-hydrogen) atoms. The molecule has 0 aliphatic heterocycles. The van der Waals surface area contributed by atoms with Crippen molar-refractivity contribution in [3.8, 4) is 0 Å². The van der Waals surface area contributed by atoms with Crippen molar-refractivity contribution in [2.75, 3.05) is 11.9 Å². The van der Waals surface area contributed by atoms with Gasteiger partial charge >= 0.3 is 5.97 Å². The van der Waals surface area contributed by atoms with Crippen LogP contribution in [0.2, 0.25) is 0 Å². The number of nitrogens with one attached hydrogen (secondary N) is 1. The highest BCUT2D eigenvalue weighted by atomic mass is 32.1. The molecular weight excluding hydrogens is 288 g/mol. The van der Waals surface area contributed by atoms with Gasteiger partial charge < -0.3 is 10.1 Å². The van der Waals surface area contributed by atoms with Gasteiger partial charge in [-0.05, 0) is 26.8 Å². The number of hydrogen-bond donors (Lipinski definition) is 1. The molecule has 0 aromatic carbocycles. The molecule has 112 valence electrons. The Bertz CT molecular complexity index is 598. The van der Waals surface area contributed by atoms with E-state index < -0.39 is 5.41 Å². The molecule has 2 aromatic heterocycles. The van der Waals surface area contributed by atoms with Crippen molar-refractivity contribution in [3.63, 3.8) is 0 Å². The fraction of sp³-hybridized carbons (Fsp3) is 0.429. The standard InChI is InChI=1S/C14H18N4O2S/c1-4-20-12(19)14(2,3)11-8-21-13(18-11)16-7-10-5-6-15-9-17-10/h5-6,8-9H,4,7H2,1-3H3,(H,16,18). The highest BCUT2D eigenvalue weighted by molar-refractivity contribution is 7.13. The lowest BCUT2D eigenvalue weighted by molar-refractivity contribution is -0.148. The second kappa shape index (κ2) is 6.62. The number of ether oxygens (including phenoxy) is 1. The zero-order valence-electron chi connectivity index (χ0n) is 12.3. The first-order valence-electron chi connectivity index (χ1n) is 6.66. The van der Waals surface area contributed by atoms with E-state index in [4.69, 9.17) is 4.74 Å². The maximum atomic E-state index is 12.0. The van der Waals surface area contributed by atoms with Gasteiger partial charge in [0.25, 0.3) is 0 Å². The van der Waals surface area contributed by atoms with Crippen LogP contribution in [-0.2, 0) is 21.5 Å². The molecule has 6 nitrogen and oxygen atoms in total. The zero-order valence-corrected chi connectivity index (χ0v) is 13.1. The predicted molar refractivity (Wildman–Crippen MR) is 81.1 cm³/mol. The topological polar surface area (TPSA) is 77.0 Å². The third-order valence-electron chi connectivity index (χ3n) is 2.99. The Morgan fingerprint density at radius 3 is 2.95 bits per heavy atom. The third-order valence-corrected chi connectivity index (χ3v) is 3.79. The molecular formula is C14H18N4O2S. The van der Waals surface area contributed by atoms with Crippen LogP contribution in [0.15, 0.2) is 24.0 Å². The molecule has 0 saturated carbocycles. The van der Waals surface area contributed by atoms with E-state index in [-0.39, 0.29) is 5.97 Å². The number of carbonyl (C=O) groups excluding carboxylic acids is 1. The highest BCUT2D eigenvalue weighted by Crippen LogP contribution is 2.28. The van der Waals surface area contributed by atoms with Crippen LogP contribution in [-0.4, -0.2) is 27.5 Å². The van der Waals surface area contributed by atoms with E-state index in [1.807, 2.05) is 25.3 Å². The Balaban J connectivity index is 2.02. The summed E-state index contributed by atoms with van der Waals surface area (Å²) in [5, 5.41) is 5.81. The van der Waals surface area contributed by atoms with Gasteiger partial charge in [-0.15, -0.1) is 11.3 Å². The Kier molecular flexibility index (Phi) is 4.85. The van der Waals surface area contributed by atoms with Gasteiger partial charge in [-0.25, -0.2) is 15.0 Å². The minimum atomic E-state index is -0.749. The van der Waals surface area contributed by atoms with Gasteiger partial charge in [0.05, 0.1) is 24.5 Å². The molecule has 7 heteroatoms. The first-order valence-corrected chi connectivity index (χ1v) is 7.54. The summed E-state index contributed by atoms with van der Waals surface area (Å²) >= 11 is 1.46. The van der Waals surface area contributed by atoms with E-state index in [1.165, 1.54) is 17.7 Å². The van der Waals surface area contributed by atoms with Gasteiger partial charge in [0.1, 0.15) is 11.7 Å². The maximum Gasteiger partial charge on any atom is 0.317 e. The van der Waals surface area contributed by atoms with Crippen molar-refractivity contribution in [2.24, 2.45) is 0 Å². The highest BCUT2D eigenvalue weighted by Gasteiger charge is 2.33. The summed E-state index contributed by atoms with van der Waals surface area (Å²) in [6.45, 7) is 6.35. The molecule has 0 aliphatic carbocycles. The van der Waals surface area contributed by atoms with E-state index in [9.17, 15) is 4.79 Å². The number of esters is 1. The fourth-order valence-corrected chi connectivity index (χ4v) is 2.52. The van der Waals surface area contributed by atoms with E-state index in [0.29, 0.717) is 18.8 Å². The van der Waals surface area contributed by atoms with Crippen molar-refractivity contribution >= 4 is 22.4 Å². The van der Waals surface area contributed by atoms with Gasteiger partial charge in [0.15, 0.2) is 5.13 Å². The minimum Gasteiger partial charge on any atom is -0.465 e. The summed E-state index contributed by atoms with van der Waals surface area (Å²) in [5.74, 6) is -0.266. The van der Waals surface area contributed by atoms with Crippen molar-refractivity contribution in [1.82, 2.24) is 15.0 Å². The van der Waals surface area contributed by atoms with Crippen LogP contribution in [0.4, 0.5) is 5.13 Å². The molecule has 1 N–H and O–H groups in total. The number of anilines is 1. The Morgan fingerprint density at radius 1 is 1.48 bits per heavy atom. The van der Waals surface area contributed by atoms with E-state index >= 15 is 0 Å². The first kappa shape index (κ1) is 15.4. The second-order valence-corrected chi connectivity index (χ2v) is 5.80. The normalized spacial score (nSPS) is 11.2. The number of aromatic nitrogens is 3. The summed E-state index contributed by atoms with van der Waals surface area (Å²) < 4.78 is 5.09. The lowest BCUT2D eigenvalue weighted by Crippen LogP contribution is -2.31. The third kappa shape index (κ3) is 3.75. The number of carbonyl (C=O) groups is 1. The molecule has 0 bridgehead atoms. The average Bonchev–Trinajstić information content (AvgIpc) is 2.96. The summed E-state index contributed by atoms with van der Waals surface area (Å²) in [6, 6.07) is 1.84. The van der Waals surface area contributed by atoms with Gasteiger partial charge in [-0.2, -0.15) is 0 Å². The van der Waals surface area contributed by atoms with Gasteiger partial charge in [0.2, 0.25) is 0 Å². The van der Waals surface area contributed by atoms with Crippen molar-refractivity contribution in [1.29, 1.82) is 0 Å². The van der Waals surface area contributed by atoms with Crippen LogP contribution in [0.3, 0.4) is 0 Å². The molecule has 0 radical (unpaired) electrons. The van der Waals surface area contributed by atoms with Crippen LogP contribution >= 0.6 is 11.3 Å². The molecule has 2 heterocycles. The second-order valence-electron chi connectivity index (χ2n) is 4.94. The number of thiazole rings is 1. The summed E-state index contributed by atoms with van der Waals surface area (Å²) in [5.41, 5.74) is 0.837. The molecule has 0 amide bonds. The maximum absolute atomic E-state index is 12.0. The lowest BCUT2D eigenvalue weighted by atomic mass is 9.90. The van der Waals surface area contributed by atoms with E-state index in [1.54, 1.807) is 13.1 Å². The Morgan fingerprint density at radius 2 is 2.29 bits per heavy atom. The number of rotatable bonds is 6.